The quantitative estimate of drug-likeness (QED) is 0.516. The lowest BCUT2D eigenvalue weighted by atomic mass is 9.85. The fraction of sp³-hybridized carbons (Fsp3) is 0.0455. The van der Waals surface area contributed by atoms with Gasteiger partial charge in [-0.05, 0) is 11.1 Å². The van der Waals surface area contributed by atoms with E-state index in [9.17, 15) is 4.79 Å². The molecular weight excluding hydrogens is 312 g/mol. The third kappa shape index (κ3) is 2.75. The topological polar surface area (TPSA) is 35.5 Å². The van der Waals surface area contributed by atoms with E-state index in [2.05, 4.69) is 0 Å². The highest BCUT2D eigenvalue weighted by Gasteiger charge is 2.42. The molecule has 0 bridgehead atoms. The van der Waals surface area contributed by atoms with Gasteiger partial charge < -0.3 is 4.89 Å². The van der Waals surface area contributed by atoms with Crippen LogP contribution < -0.4 is 0 Å². The molecule has 1 aliphatic rings. The molecule has 4 rings (SSSR count). The van der Waals surface area contributed by atoms with Crippen LogP contribution in [0.5, 0.6) is 0 Å². The summed E-state index contributed by atoms with van der Waals surface area (Å²) in [4.78, 5) is 23.9. The van der Waals surface area contributed by atoms with Gasteiger partial charge in [0.25, 0.3) is 0 Å². The van der Waals surface area contributed by atoms with E-state index >= 15 is 0 Å². The summed E-state index contributed by atoms with van der Waals surface area (Å²) in [6.07, 6.45) is 1.76. The van der Waals surface area contributed by atoms with Crippen LogP contribution in [0.3, 0.4) is 0 Å². The highest BCUT2D eigenvalue weighted by atomic mass is 17.2. The SMILES string of the molecule is O=C(C1=CC(c2ccccc2)(c2ccccc2)OO1)c1ccccc1. The summed E-state index contributed by atoms with van der Waals surface area (Å²) >= 11 is 0. The molecule has 3 aromatic carbocycles. The summed E-state index contributed by atoms with van der Waals surface area (Å²) in [5, 5.41) is 0. The third-order valence-corrected chi connectivity index (χ3v) is 4.26. The van der Waals surface area contributed by atoms with Crippen molar-refractivity contribution in [3.8, 4) is 0 Å². The zero-order valence-corrected chi connectivity index (χ0v) is 13.5. The molecule has 0 fully saturated rings. The van der Waals surface area contributed by atoms with Crippen molar-refractivity contribution in [1.29, 1.82) is 0 Å². The summed E-state index contributed by atoms with van der Waals surface area (Å²) in [5.74, 6) is -0.00626. The molecule has 3 aromatic rings. The largest absolute Gasteiger partial charge is 0.332 e. The van der Waals surface area contributed by atoms with E-state index in [1.807, 2.05) is 78.9 Å². The maximum atomic E-state index is 12.7. The van der Waals surface area contributed by atoms with Gasteiger partial charge in [0.15, 0.2) is 5.60 Å². The van der Waals surface area contributed by atoms with E-state index in [0.29, 0.717) is 5.56 Å². The molecule has 0 aliphatic carbocycles. The third-order valence-electron chi connectivity index (χ3n) is 4.26. The number of benzene rings is 3. The van der Waals surface area contributed by atoms with E-state index in [-0.39, 0.29) is 11.5 Å². The molecule has 0 saturated heterocycles. The van der Waals surface area contributed by atoms with Crippen LogP contribution >= 0.6 is 0 Å². The van der Waals surface area contributed by atoms with Crippen molar-refractivity contribution in [1.82, 2.24) is 0 Å². The fourth-order valence-electron chi connectivity index (χ4n) is 2.98. The zero-order chi connectivity index (χ0) is 17.1. The minimum atomic E-state index is -0.942. The highest BCUT2D eigenvalue weighted by molar-refractivity contribution is 6.07. The number of carbonyl (C=O) groups excluding carboxylic acids is 1. The first-order valence-electron chi connectivity index (χ1n) is 8.09. The number of ketones is 1. The summed E-state index contributed by atoms with van der Waals surface area (Å²) in [6, 6.07) is 28.5. The van der Waals surface area contributed by atoms with Crippen molar-refractivity contribution >= 4 is 5.78 Å². The maximum absolute atomic E-state index is 12.7. The minimum Gasteiger partial charge on any atom is -0.332 e. The van der Waals surface area contributed by atoms with Crippen LogP contribution in [0.15, 0.2) is 103 Å². The van der Waals surface area contributed by atoms with Gasteiger partial charge in [-0.3, -0.25) is 4.79 Å². The lowest BCUT2D eigenvalue weighted by Gasteiger charge is -2.24. The number of hydrogen-bond donors (Lipinski definition) is 0. The van der Waals surface area contributed by atoms with E-state index in [0.717, 1.165) is 11.1 Å². The molecule has 0 N–H and O–H groups in total. The number of hydrogen-bond acceptors (Lipinski definition) is 3. The van der Waals surface area contributed by atoms with Gasteiger partial charge in [0.05, 0.1) is 0 Å². The van der Waals surface area contributed by atoms with Gasteiger partial charge >= 0.3 is 0 Å². The van der Waals surface area contributed by atoms with Gasteiger partial charge in [0.1, 0.15) is 0 Å². The predicted octanol–water partition coefficient (Wildman–Crippen LogP) is 4.66. The molecule has 0 saturated carbocycles. The Labute approximate surface area is 146 Å². The second-order valence-electron chi connectivity index (χ2n) is 5.84. The van der Waals surface area contributed by atoms with Crippen LogP contribution in [0.25, 0.3) is 0 Å². The van der Waals surface area contributed by atoms with Crippen LogP contribution in [-0.2, 0) is 15.4 Å². The lowest BCUT2D eigenvalue weighted by Crippen LogP contribution is -2.25. The average Bonchev–Trinajstić information content (AvgIpc) is 3.16. The number of rotatable bonds is 4. The standard InChI is InChI=1S/C22H16O3/c23-21(17-10-4-1-5-11-17)20-16-22(25-24-20,18-12-6-2-7-13-18)19-14-8-3-9-15-19/h1-16H. The Kier molecular flexibility index (Phi) is 3.92. The molecule has 3 nitrogen and oxygen atoms in total. The molecule has 0 amide bonds. The van der Waals surface area contributed by atoms with Crippen molar-refractivity contribution < 1.29 is 14.6 Å². The Balaban J connectivity index is 1.81. The average molecular weight is 328 g/mol. The molecule has 0 spiro atoms. The van der Waals surface area contributed by atoms with Crippen molar-refractivity contribution in [2.75, 3.05) is 0 Å². The first kappa shape index (κ1) is 15.4. The number of allylic oxidation sites excluding steroid dienone is 1. The number of carbonyl (C=O) groups is 1. The molecule has 3 heteroatoms. The normalized spacial score (nSPS) is 15.3. The van der Waals surface area contributed by atoms with Crippen LogP contribution in [-0.4, -0.2) is 5.78 Å². The highest BCUT2D eigenvalue weighted by Crippen LogP contribution is 2.41. The summed E-state index contributed by atoms with van der Waals surface area (Å²) in [6.45, 7) is 0. The van der Waals surface area contributed by atoms with E-state index < -0.39 is 5.60 Å². The smallest absolute Gasteiger partial charge is 0.231 e. The molecule has 0 radical (unpaired) electrons. The van der Waals surface area contributed by atoms with Gasteiger partial charge in [-0.1, -0.05) is 91.0 Å². The predicted molar refractivity (Wildman–Crippen MR) is 94.7 cm³/mol. The maximum Gasteiger partial charge on any atom is 0.231 e. The van der Waals surface area contributed by atoms with Crippen LogP contribution in [0.1, 0.15) is 21.5 Å². The Hall–Kier alpha value is -3.17. The monoisotopic (exact) mass is 328 g/mol. The molecular formula is C22H16O3. The van der Waals surface area contributed by atoms with E-state index in [1.54, 1.807) is 18.2 Å². The lowest BCUT2D eigenvalue weighted by molar-refractivity contribution is -0.289. The van der Waals surface area contributed by atoms with Gasteiger partial charge in [0.2, 0.25) is 11.5 Å². The Bertz CT molecular complexity index is 860. The second-order valence-corrected chi connectivity index (χ2v) is 5.84. The van der Waals surface area contributed by atoms with Gasteiger partial charge in [-0.15, -0.1) is 0 Å². The Morgan fingerprint density at radius 1 is 0.680 bits per heavy atom. The van der Waals surface area contributed by atoms with Crippen molar-refractivity contribution in [3.05, 3.63) is 120 Å². The molecule has 0 unspecified atom stereocenters. The Morgan fingerprint density at radius 2 is 1.16 bits per heavy atom. The van der Waals surface area contributed by atoms with Crippen molar-refractivity contribution in [2.45, 2.75) is 5.60 Å². The Morgan fingerprint density at radius 3 is 1.68 bits per heavy atom. The fourth-order valence-corrected chi connectivity index (χ4v) is 2.98. The molecule has 1 aliphatic heterocycles. The van der Waals surface area contributed by atoms with E-state index in [1.165, 1.54) is 0 Å². The van der Waals surface area contributed by atoms with Crippen molar-refractivity contribution in [2.24, 2.45) is 0 Å². The molecule has 122 valence electrons. The summed E-state index contributed by atoms with van der Waals surface area (Å²) < 4.78 is 0. The van der Waals surface area contributed by atoms with Crippen molar-refractivity contribution in [3.63, 3.8) is 0 Å². The first-order valence-corrected chi connectivity index (χ1v) is 8.09. The zero-order valence-electron chi connectivity index (χ0n) is 13.5. The second kappa shape index (κ2) is 6.38. The van der Waals surface area contributed by atoms with Crippen LogP contribution in [0.4, 0.5) is 0 Å². The van der Waals surface area contributed by atoms with Gasteiger partial charge in [0, 0.05) is 11.6 Å². The van der Waals surface area contributed by atoms with Gasteiger partial charge in [-0.2, -0.15) is 4.89 Å². The van der Waals surface area contributed by atoms with Crippen LogP contribution in [0, 0.1) is 0 Å². The summed E-state index contributed by atoms with van der Waals surface area (Å²) in [5.41, 5.74) is 1.42. The van der Waals surface area contributed by atoms with Crippen LogP contribution in [0.2, 0.25) is 0 Å². The molecule has 0 aromatic heterocycles. The molecule has 25 heavy (non-hydrogen) atoms. The first-order chi connectivity index (χ1) is 12.3. The minimum absolute atomic E-state index is 0.193. The molecule has 1 heterocycles. The number of Topliss-reactive ketones (excluding diaryl/α,β-unsaturated/α-hetero) is 1. The van der Waals surface area contributed by atoms with E-state index in [4.69, 9.17) is 9.78 Å². The summed E-state index contributed by atoms with van der Waals surface area (Å²) in [7, 11) is 0. The molecule has 0 atom stereocenters. The van der Waals surface area contributed by atoms with Gasteiger partial charge in [-0.25, -0.2) is 0 Å².